The first-order chi connectivity index (χ1) is 6.31. The zero-order valence-electron chi connectivity index (χ0n) is 8.12. The number of hydrogen-bond acceptors (Lipinski definition) is 1. The SMILES string of the molecule is C[C@]1(c2ccccc2)CCCCO1. The van der Waals surface area contributed by atoms with Gasteiger partial charge in [0.25, 0.3) is 0 Å². The van der Waals surface area contributed by atoms with E-state index >= 15 is 0 Å². The van der Waals surface area contributed by atoms with Crippen LogP contribution in [0.15, 0.2) is 30.3 Å². The predicted molar refractivity (Wildman–Crippen MR) is 53.6 cm³/mol. The smallest absolute Gasteiger partial charge is 0.0903 e. The van der Waals surface area contributed by atoms with Crippen molar-refractivity contribution < 1.29 is 4.74 Å². The first-order valence-electron chi connectivity index (χ1n) is 5.01. The van der Waals surface area contributed by atoms with Crippen LogP contribution in [0, 0.1) is 0 Å². The molecule has 0 saturated carbocycles. The summed E-state index contributed by atoms with van der Waals surface area (Å²) in [6.07, 6.45) is 3.64. The Morgan fingerprint density at radius 2 is 1.92 bits per heavy atom. The van der Waals surface area contributed by atoms with Crippen molar-refractivity contribution in [3.63, 3.8) is 0 Å². The quantitative estimate of drug-likeness (QED) is 0.639. The largest absolute Gasteiger partial charge is 0.371 e. The van der Waals surface area contributed by atoms with Gasteiger partial charge >= 0.3 is 0 Å². The van der Waals surface area contributed by atoms with Gasteiger partial charge in [0.2, 0.25) is 0 Å². The fourth-order valence-corrected chi connectivity index (χ4v) is 1.95. The lowest BCUT2D eigenvalue weighted by molar-refractivity contribution is -0.0701. The minimum atomic E-state index is -0.0283. The highest BCUT2D eigenvalue weighted by molar-refractivity contribution is 5.22. The third kappa shape index (κ3) is 1.75. The molecule has 13 heavy (non-hydrogen) atoms. The van der Waals surface area contributed by atoms with E-state index in [1.54, 1.807) is 0 Å². The monoisotopic (exact) mass is 176 g/mol. The summed E-state index contributed by atoms with van der Waals surface area (Å²) in [4.78, 5) is 0. The lowest BCUT2D eigenvalue weighted by Crippen LogP contribution is -2.29. The highest BCUT2D eigenvalue weighted by Crippen LogP contribution is 2.34. The van der Waals surface area contributed by atoms with Crippen LogP contribution in [0.2, 0.25) is 0 Å². The molecular weight excluding hydrogens is 160 g/mol. The average Bonchev–Trinajstić information content (AvgIpc) is 2.20. The molecule has 1 heterocycles. The Bertz CT molecular complexity index is 260. The van der Waals surface area contributed by atoms with Crippen molar-refractivity contribution in [2.45, 2.75) is 31.8 Å². The first kappa shape index (κ1) is 8.76. The van der Waals surface area contributed by atoms with Crippen LogP contribution in [0.25, 0.3) is 0 Å². The zero-order chi connectivity index (χ0) is 9.15. The number of rotatable bonds is 1. The molecule has 1 aromatic rings. The second kappa shape index (κ2) is 3.51. The molecule has 1 aliphatic heterocycles. The van der Waals surface area contributed by atoms with Crippen LogP contribution in [-0.4, -0.2) is 6.61 Å². The molecule has 0 spiro atoms. The fourth-order valence-electron chi connectivity index (χ4n) is 1.95. The Kier molecular flexibility index (Phi) is 2.36. The van der Waals surface area contributed by atoms with E-state index < -0.39 is 0 Å². The van der Waals surface area contributed by atoms with E-state index in [-0.39, 0.29) is 5.60 Å². The van der Waals surface area contributed by atoms with Crippen LogP contribution in [0.4, 0.5) is 0 Å². The zero-order valence-corrected chi connectivity index (χ0v) is 8.12. The van der Waals surface area contributed by atoms with Crippen molar-refractivity contribution in [2.24, 2.45) is 0 Å². The van der Waals surface area contributed by atoms with Gasteiger partial charge in [-0.2, -0.15) is 0 Å². The van der Waals surface area contributed by atoms with Crippen molar-refractivity contribution in [2.75, 3.05) is 6.61 Å². The summed E-state index contributed by atoms with van der Waals surface area (Å²) in [7, 11) is 0. The molecule has 70 valence electrons. The Balaban J connectivity index is 2.23. The summed E-state index contributed by atoms with van der Waals surface area (Å²) < 4.78 is 5.85. The summed E-state index contributed by atoms with van der Waals surface area (Å²) >= 11 is 0. The van der Waals surface area contributed by atoms with Gasteiger partial charge in [-0.05, 0) is 31.7 Å². The van der Waals surface area contributed by atoms with Crippen LogP contribution in [0.1, 0.15) is 31.7 Å². The summed E-state index contributed by atoms with van der Waals surface area (Å²) in [6, 6.07) is 10.5. The standard InChI is InChI=1S/C12H16O/c1-12(9-5-6-10-13-12)11-7-3-2-4-8-11/h2-4,7-8H,5-6,9-10H2,1H3/t12-/m1/s1. The van der Waals surface area contributed by atoms with Gasteiger partial charge in [-0.3, -0.25) is 0 Å². The Morgan fingerprint density at radius 3 is 2.54 bits per heavy atom. The van der Waals surface area contributed by atoms with E-state index in [0.29, 0.717) is 0 Å². The van der Waals surface area contributed by atoms with Gasteiger partial charge in [0.1, 0.15) is 0 Å². The van der Waals surface area contributed by atoms with Crippen molar-refractivity contribution >= 4 is 0 Å². The van der Waals surface area contributed by atoms with Gasteiger partial charge in [-0.15, -0.1) is 0 Å². The highest BCUT2D eigenvalue weighted by atomic mass is 16.5. The van der Waals surface area contributed by atoms with Crippen molar-refractivity contribution in [3.8, 4) is 0 Å². The van der Waals surface area contributed by atoms with Gasteiger partial charge in [0.05, 0.1) is 5.60 Å². The molecule has 1 saturated heterocycles. The molecule has 1 aliphatic rings. The molecule has 0 N–H and O–H groups in total. The maximum absolute atomic E-state index is 5.85. The highest BCUT2D eigenvalue weighted by Gasteiger charge is 2.29. The van der Waals surface area contributed by atoms with Gasteiger partial charge in [-0.25, -0.2) is 0 Å². The summed E-state index contributed by atoms with van der Waals surface area (Å²) in [5, 5.41) is 0. The Hall–Kier alpha value is -0.820. The Morgan fingerprint density at radius 1 is 1.15 bits per heavy atom. The van der Waals surface area contributed by atoms with E-state index in [4.69, 9.17) is 4.74 Å². The van der Waals surface area contributed by atoms with E-state index in [1.807, 2.05) is 0 Å². The van der Waals surface area contributed by atoms with Gasteiger partial charge in [0, 0.05) is 6.61 Å². The lowest BCUT2D eigenvalue weighted by atomic mass is 9.88. The maximum Gasteiger partial charge on any atom is 0.0903 e. The van der Waals surface area contributed by atoms with Gasteiger partial charge < -0.3 is 4.74 Å². The van der Waals surface area contributed by atoms with E-state index in [0.717, 1.165) is 13.0 Å². The fraction of sp³-hybridized carbons (Fsp3) is 0.500. The maximum atomic E-state index is 5.85. The van der Waals surface area contributed by atoms with Crippen molar-refractivity contribution in [1.29, 1.82) is 0 Å². The van der Waals surface area contributed by atoms with Crippen LogP contribution in [0.3, 0.4) is 0 Å². The average molecular weight is 176 g/mol. The molecule has 0 bridgehead atoms. The van der Waals surface area contributed by atoms with Gasteiger partial charge in [-0.1, -0.05) is 30.3 Å². The topological polar surface area (TPSA) is 9.23 Å². The van der Waals surface area contributed by atoms with Crippen molar-refractivity contribution in [3.05, 3.63) is 35.9 Å². The molecule has 0 aromatic heterocycles. The minimum absolute atomic E-state index is 0.0283. The van der Waals surface area contributed by atoms with Crippen LogP contribution in [-0.2, 0) is 10.3 Å². The molecule has 1 fully saturated rings. The Labute approximate surface area is 79.7 Å². The second-order valence-corrected chi connectivity index (χ2v) is 3.90. The van der Waals surface area contributed by atoms with E-state index in [2.05, 4.69) is 37.3 Å². The van der Waals surface area contributed by atoms with Crippen LogP contribution in [0.5, 0.6) is 0 Å². The molecule has 1 nitrogen and oxygen atoms in total. The van der Waals surface area contributed by atoms with Crippen molar-refractivity contribution in [1.82, 2.24) is 0 Å². The lowest BCUT2D eigenvalue weighted by Gasteiger charge is -2.34. The summed E-state index contributed by atoms with van der Waals surface area (Å²) in [5.41, 5.74) is 1.29. The number of benzene rings is 1. The predicted octanol–water partition coefficient (Wildman–Crippen LogP) is 3.10. The molecule has 1 aromatic carbocycles. The molecule has 0 aliphatic carbocycles. The van der Waals surface area contributed by atoms with E-state index in [1.165, 1.54) is 18.4 Å². The third-order valence-electron chi connectivity index (χ3n) is 2.85. The minimum Gasteiger partial charge on any atom is -0.371 e. The van der Waals surface area contributed by atoms with E-state index in [9.17, 15) is 0 Å². The molecule has 0 amide bonds. The molecular formula is C12H16O. The van der Waals surface area contributed by atoms with Crippen LogP contribution < -0.4 is 0 Å². The summed E-state index contributed by atoms with van der Waals surface area (Å²) in [5.74, 6) is 0. The van der Waals surface area contributed by atoms with Crippen LogP contribution >= 0.6 is 0 Å². The number of hydrogen-bond donors (Lipinski definition) is 0. The second-order valence-electron chi connectivity index (χ2n) is 3.90. The number of ether oxygens (including phenoxy) is 1. The van der Waals surface area contributed by atoms with Gasteiger partial charge in [0.15, 0.2) is 0 Å². The molecule has 1 atom stereocenters. The first-order valence-corrected chi connectivity index (χ1v) is 5.01. The third-order valence-corrected chi connectivity index (χ3v) is 2.85. The molecule has 1 heteroatoms. The molecule has 2 rings (SSSR count). The molecule has 0 radical (unpaired) electrons. The summed E-state index contributed by atoms with van der Waals surface area (Å²) in [6.45, 7) is 3.10. The molecule has 0 unspecified atom stereocenters. The normalized spacial score (nSPS) is 28.7.